The Bertz CT molecular complexity index is 360. The van der Waals surface area contributed by atoms with Gasteiger partial charge in [0.2, 0.25) is 0 Å². The van der Waals surface area contributed by atoms with Crippen LogP contribution in [-0.2, 0) is 19.1 Å². The van der Waals surface area contributed by atoms with Crippen LogP contribution in [0.25, 0.3) is 0 Å². The number of carbonyl (C=O) groups is 2. The number of carbonyl (C=O) groups excluding carboxylic acids is 2. The number of rotatable bonds is 11. The van der Waals surface area contributed by atoms with Gasteiger partial charge in [-0.3, -0.25) is 0 Å². The van der Waals surface area contributed by atoms with Crippen LogP contribution in [0, 0.1) is 0 Å². The summed E-state index contributed by atoms with van der Waals surface area (Å²) >= 11 is 0. The Morgan fingerprint density at radius 3 is 1.95 bits per heavy atom. The highest BCUT2D eigenvalue weighted by Gasteiger charge is 2.09. The first-order valence-electron chi connectivity index (χ1n) is 7.69. The van der Waals surface area contributed by atoms with Gasteiger partial charge in [-0.1, -0.05) is 11.6 Å². The highest BCUT2D eigenvalue weighted by atomic mass is 16.5. The summed E-state index contributed by atoms with van der Waals surface area (Å²) < 4.78 is 9.72. The first-order chi connectivity index (χ1) is 10.3. The standard InChI is InChI=1S/C16H28O6/c1-12(9-7-11-22-16(20)14(3)18)8-5-4-6-10-21-15(19)13(2)17/h8,13-14,17-18H,4-7,9-11H2,1-3H3/b12-8+. The van der Waals surface area contributed by atoms with Crippen LogP contribution >= 0.6 is 0 Å². The first-order valence-corrected chi connectivity index (χ1v) is 7.69. The van der Waals surface area contributed by atoms with E-state index < -0.39 is 24.1 Å². The Balaban J connectivity index is 3.57. The number of hydrogen-bond donors (Lipinski definition) is 2. The lowest BCUT2D eigenvalue weighted by Gasteiger charge is -2.07. The summed E-state index contributed by atoms with van der Waals surface area (Å²) in [6.07, 6.45) is 4.11. The topological polar surface area (TPSA) is 93.1 Å². The molecule has 0 aromatic rings. The van der Waals surface area contributed by atoms with Crippen molar-refractivity contribution >= 4 is 11.9 Å². The Hall–Kier alpha value is -1.40. The summed E-state index contributed by atoms with van der Waals surface area (Å²) in [5.41, 5.74) is 1.22. The Morgan fingerprint density at radius 2 is 1.45 bits per heavy atom. The van der Waals surface area contributed by atoms with E-state index in [1.807, 2.05) is 6.92 Å². The molecule has 0 radical (unpaired) electrons. The van der Waals surface area contributed by atoms with E-state index >= 15 is 0 Å². The van der Waals surface area contributed by atoms with E-state index in [1.54, 1.807) is 0 Å². The molecular formula is C16H28O6. The van der Waals surface area contributed by atoms with Crippen LogP contribution in [0.5, 0.6) is 0 Å². The van der Waals surface area contributed by atoms with Crippen molar-refractivity contribution in [1.29, 1.82) is 0 Å². The molecule has 6 heteroatoms. The Morgan fingerprint density at radius 1 is 0.955 bits per heavy atom. The second kappa shape index (κ2) is 12.2. The number of allylic oxidation sites excluding steroid dienone is 2. The smallest absolute Gasteiger partial charge is 0.334 e. The van der Waals surface area contributed by atoms with E-state index in [0.717, 1.165) is 32.1 Å². The normalized spacial score (nSPS) is 14.3. The zero-order valence-electron chi connectivity index (χ0n) is 13.7. The van der Waals surface area contributed by atoms with Crippen molar-refractivity contribution in [2.24, 2.45) is 0 Å². The number of aliphatic hydroxyl groups excluding tert-OH is 2. The molecule has 0 saturated carbocycles. The van der Waals surface area contributed by atoms with E-state index in [0.29, 0.717) is 13.2 Å². The van der Waals surface area contributed by atoms with E-state index in [4.69, 9.17) is 19.7 Å². The molecule has 2 atom stereocenters. The number of hydrogen-bond acceptors (Lipinski definition) is 6. The van der Waals surface area contributed by atoms with Gasteiger partial charge in [-0.15, -0.1) is 0 Å². The van der Waals surface area contributed by atoms with Gasteiger partial charge in [-0.2, -0.15) is 0 Å². The van der Waals surface area contributed by atoms with Gasteiger partial charge in [0.1, 0.15) is 12.2 Å². The molecular weight excluding hydrogens is 288 g/mol. The lowest BCUT2D eigenvalue weighted by molar-refractivity contribution is -0.153. The summed E-state index contributed by atoms with van der Waals surface area (Å²) in [5.74, 6) is -1.17. The van der Waals surface area contributed by atoms with Crippen LogP contribution in [0.2, 0.25) is 0 Å². The molecule has 0 aromatic carbocycles. The third-order valence-corrected chi connectivity index (χ3v) is 2.98. The molecule has 0 spiro atoms. The third kappa shape index (κ3) is 11.3. The minimum Gasteiger partial charge on any atom is -0.464 e. The maximum atomic E-state index is 11.0. The van der Waals surface area contributed by atoms with E-state index in [9.17, 15) is 9.59 Å². The van der Waals surface area contributed by atoms with Crippen LogP contribution in [0.4, 0.5) is 0 Å². The predicted molar refractivity (Wildman–Crippen MR) is 82.1 cm³/mol. The molecule has 2 unspecified atom stereocenters. The highest BCUT2D eigenvalue weighted by molar-refractivity contribution is 5.74. The minimum atomic E-state index is -1.07. The molecule has 6 nitrogen and oxygen atoms in total. The summed E-state index contributed by atoms with van der Waals surface area (Å²) in [6.45, 7) is 5.42. The second-order valence-electron chi connectivity index (χ2n) is 5.34. The van der Waals surface area contributed by atoms with Crippen molar-refractivity contribution < 1.29 is 29.3 Å². The molecule has 0 saturated heterocycles. The van der Waals surface area contributed by atoms with E-state index in [1.165, 1.54) is 19.4 Å². The summed E-state index contributed by atoms with van der Waals surface area (Å²) in [6, 6.07) is 0. The summed E-state index contributed by atoms with van der Waals surface area (Å²) in [5, 5.41) is 17.9. The molecule has 0 amide bonds. The van der Waals surface area contributed by atoms with Crippen molar-refractivity contribution in [1.82, 2.24) is 0 Å². The Kier molecular flexibility index (Phi) is 11.4. The van der Waals surface area contributed by atoms with Crippen LogP contribution < -0.4 is 0 Å². The van der Waals surface area contributed by atoms with E-state index in [-0.39, 0.29) is 0 Å². The van der Waals surface area contributed by atoms with Crippen LogP contribution in [0.3, 0.4) is 0 Å². The fourth-order valence-electron chi connectivity index (χ4n) is 1.63. The number of unbranched alkanes of at least 4 members (excludes halogenated alkanes) is 2. The van der Waals surface area contributed by atoms with Gasteiger partial charge in [0, 0.05) is 0 Å². The molecule has 0 aliphatic heterocycles. The number of esters is 2. The molecule has 0 aliphatic carbocycles. The van der Waals surface area contributed by atoms with Gasteiger partial charge in [0.25, 0.3) is 0 Å². The molecule has 22 heavy (non-hydrogen) atoms. The van der Waals surface area contributed by atoms with Gasteiger partial charge in [-0.05, 0) is 52.9 Å². The van der Waals surface area contributed by atoms with Gasteiger partial charge in [0.15, 0.2) is 0 Å². The van der Waals surface area contributed by atoms with Gasteiger partial charge >= 0.3 is 11.9 Å². The van der Waals surface area contributed by atoms with Gasteiger partial charge in [-0.25, -0.2) is 9.59 Å². The molecule has 0 fully saturated rings. The van der Waals surface area contributed by atoms with Crippen molar-refractivity contribution in [2.45, 2.75) is 65.1 Å². The summed E-state index contributed by atoms with van der Waals surface area (Å²) in [7, 11) is 0. The van der Waals surface area contributed by atoms with Crippen LogP contribution in [0.1, 0.15) is 52.9 Å². The van der Waals surface area contributed by atoms with E-state index in [2.05, 4.69) is 6.08 Å². The molecule has 0 rings (SSSR count). The monoisotopic (exact) mass is 316 g/mol. The molecule has 0 bridgehead atoms. The molecule has 0 aliphatic rings. The molecule has 0 heterocycles. The van der Waals surface area contributed by atoms with Crippen molar-refractivity contribution in [3.05, 3.63) is 11.6 Å². The first kappa shape index (κ1) is 20.6. The fraction of sp³-hybridized carbons (Fsp3) is 0.750. The lowest BCUT2D eigenvalue weighted by atomic mass is 10.1. The Labute approximate surface area is 132 Å². The quantitative estimate of drug-likeness (QED) is 0.342. The second-order valence-corrected chi connectivity index (χ2v) is 5.34. The van der Waals surface area contributed by atoms with Gasteiger partial charge < -0.3 is 19.7 Å². The number of aliphatic hydroxyl groups is 2. The van der Waals surface area contributed by atoms with Gasteiger partial charge in [0.05, 0.1) is 13.2 Å². The molecule has 2 N–H and O–H groups in total. The zero-order valence-corrected chi connectivity index (χ0v) is 13.7. The van der Waals surface area contributed by atoms with Crippen molar-refractivity contribution in [3.8, 4) is 0 Å². The SMILES string of the molecule is C/C(=C\CCCCOC(=O)C(C)O)CCCOC(=O)C(C)O. The largest absolute Gasteiger partial charge is 0.464 e. The highest BCUT2D eigenvalue weighted by Crippen LogP contribution is 2.08. The maximum absolute atomic E-state index is 11.0. The maximum Gasteiger partial charge on any atom is 0.334 e. The van der Waals surface area contributed by atoms with Crippen molar-refractivity contribution in [2.75, 3.05) is 13.2 Å². The zero-order chi connectivity index (χ0) is 17.0. The molecule has 128 valence electrons. The van der Waals surface area contributed by atoms with Crippen LogP contribution in [-0.4, -0.2) is 47.6 Å². The van der Waals surface area contributed by atoms with Crippen LogP contribution in [0.15, 0.2) is 11.6 Å². The lowest BCUT2D eigenvalue weighted by Crippen LogP contribution is -2.19. The summed E-state index contributed by atoms with van der Waals surface area (Å²) in [4.78, 5) is 22.0. The predicted octanol–water partition coefficient (Wildman–Crippen LogP) is 1.73. The molecule has 0 aromatic heterocycles. The van der Waals surface area contributed by atoms with Crippen molar-refractivity contribution in [3.63, 3.8) is 0 Å². The average Bonchev–Trinajstić information content (AvgIpc) is 2.46. The average molecular weight is 316 g/mol. The number of ether oxygens (including phenoxy) is 2. The fourth-order valence-corrected chi connectivity index (χ4v) is 1.63. The third-order valence-electron chi connectivity index (χ3n) is 2.98. The minimum absolute atomic E-state index is 0.310.